The van der Waals surface area contributed by atoms with E-state index in [-0.39, 0.29) is 5.91 Å². The van der Waals surface area contributed by atoms with E-state index < -0.39 is 0 Å². The molecule has 2 aromatic carbocycles. The van der Waals surface area contributed by atoms with Gasteiger partial charge in [0, 0.05) is 17.3 Å². The van der Waals surface area contributed by atoms with Crippen LogP contribution in [0.2, 0.25) is 5.02 Å². The van der Waals surface area contributed by atoms with Crippen molar-refractivity contribution in [2.45, 2.75) is 19.9 Å². The first-order valence-corrected chi connectivity index (χ1v) is 7.77. The first-order chi connectivity index (χ1) is 10.6. The summed E-state index contributed by atoms with van der Waals surface area (Å²) in [5, 5.41) is 3.66. The second kappa shape index (κ2) is 7.97. The van der Waals surface area contributed by atoms with Crippen molar-refractivity contribution in [3.63, 3.8) is 0 Å². The average molecular weight is 317 g/mol. The lowest BCUT2D eigenvalue weighted by Crippen LogP contribution is -2.29. The summed E-state index contributed by atoms with van der Waals surface area (Å²) in [5.41, 5.74) is 3.07. The number of hydrogen-bond donors (Lipinski definition) is 1. The predicted molar refractivity (Wildman–Crippen MR) is 92.2 cm³/mol. The molecule has 0 fully saturated rings. The summed E-state index contributed by atoms with van der Waals surface area (Å²) in [5.74, 6) is -0.0252. The fourth-order valence-electron chi connectivity index (χ4n) is 2.29. The molecular formula is C18H21ClN2O. The Kier molecular flexibility index (Phi) is 5.99. The Morgan fingerprint density at radius 3 is 2.68 bits per heavy atom. The maximum atomic E-state index is 12.1. The number of aryl methyl sites for hydroxylation is 1. The van der Waals surface area contributed by atoms with Gasteiger partial charge in [0.05, 0.1) is 6.54 Å². The molecule has 22 heavy (non-hydrogen) atoms. The summed E-state index contributed by atoms with van der Waals surface area (Å²) in [6, 6.07) is 15.6. The Hall–Kier alpha value is -1.84. The van der Waals surface area contributed by atoms with E-state index in [9.17, 15) is 4.79 Å². The number of nitrogens with one attached hydrogen (secondary N) is 1. The molecule has 116 valence electrons. The molecule has 3 nitrogen and oxygen atoms in total. The molecule has 2 aromatic rings. The molecule has 0 heterocycles. The number of carbonyl (C=O) groups excluding carboxylic acids is 1. The lowest BCUT2D eigenvalue weighted by atomic mass is 10.1. The molecular weight excluding hydrogens is 296 g/mol. The van der Waals surface area contributed by atoms with E-state index in [0.29, 0.717) is 13.1 Å². The highest BCUT2D eigenvalue weighted by atomic mass is 35.5. The zero-order valence-corrected chi connectivity index (χ0v) is 13.7. The van der Waals surface area contributed by atoms with Gasteiger partial charge in [-0.2, -0.15) is 0 Å². The van der Waals surface area contributed by atoms with E-state index in [4.69, 9.17) is 11.6 Å². The summed E-state index contributed by atoms with van der Waals surface area (Å²) in [4.78, 5) is 14.1. The Bertz CT molecular complexity index is 642. The Balaban J connectivity index is 1.90. The number of amides is 1. The normalized spacial score (nSPS) is 10.7. The third-order valence-electron chi connectivity index (χ3n) is 3.43. The number of anilines is 1. The number of halogens is 1. The predicted octanol–water partition coefficient (Wildman–Crippen LogP) is 3.97. The summed E-state index contributed by atoms with van der Waals surface area (Å²) in [6.45, 7) is 3.06. The lowest BCUT2D eigenvalue weighted by molar-refractivity contribution is -0.117. The SMILES string of the molecule is CCc1cccc(NC(=O)CN(C)Cc2ccccc2Cl)c1. The molecule has 0 saturated carbocycles. The van der Waals surface area contributed by atoms with Crippen molar-refractivity contribution in [2.24, 2.45) is 0 Å². The van der Waals surface area contributed by atoms with Crippen LogP contribution in [-0.4, -0.2) is 24.4 Å². The van der Waals surface area contributed by atoms with Gasteiger partial charge >= 0.3 is 0 Å². The highest BCUT2D eigenvalue weighted by molar-refractivity contribution is 6.31. The monoisotopic (exact) mass is 316 g/mol. The Morgan fingerprint density at radius 2 is 1.95 bits per heavy atom. The lowest BCUT2D eigenvalue weighted by Gasteiger charge is -2.17. The van der Waals surface area contributed by atoms with E-state index in [0.717, 1.165) is 22.7 Å². The summed E-state index contributed by atoms with van der Waals surface area (Å²) >= 11 is 6.14. The molecule has 0 aliphatic rings. The van der Waals surface area contributed by atoms with Crippen LogP contribution in [0.1, 0.15) is 18.1 Å². The average Bonchev–Trinajstić information content (AvgIpc) is 2.49. The van der Waals surface area contributed by atoms with Crippen LogP contribution in [0.5, 0.6) is 0 Å². The van der Waals surface area contributed by atoms with Gasteiger partial charge in [-0.15, -0.1) is 0 Å². The van der Waals surface area contributed by atoms with Crippen LogP contribution in [0.4, 0.5) is 5.69 Å². The molecule has 1 N–H and O–H groups in total. The van der Waals surface area contributed by atoms with Crippen molar-refractivity contribution in [3.8, 4) is 0 Å². The standard InChI is InChI=1S/C18H21ClN2O/c1-3-14-7-6-9-16(11-14)20-18(22)13-21(2)12-15-8-4-5-10-17(15)19/h4-11H,3,12-13H2,1-2H3,(H,20,22). The van der Waals surface area contributed by atoms with Crippen molar-refractivity contribution in [1.82, 2.24) is 4.90 Å². The molecule has 0 radical (unpaired) electrons. The maximum absolute atomic E-state index is 12.1. The zero-order valence-electron chi connectivity index (χ0n) is 13.0. The number of likely N-dealkylation sites (N-methyl/N-ethyl adjacent to an activating group) is 1. The van der Waals surface area contributed by atoms with Crippen molar-refractivity contribution >= 4 is 23.2 Å². The Labute approximate surface area is 136 Å². The highest BCUT2D eigenvalue weighted by Crippen LogP contribution is 2.16. The van der Waals surface area contributed by atoms with Crippen molar-refractivity contribution in [2.75, 3.05) is 18.9 Å². The van der Waals surface area contributed by atoms with Crippen LogP contribution in [0.3, 0.4) is 0 Å². The van der Waals surface area contributed by atoms with Gasteiger partial charge in [0.25, 0.3) is 0 Å². The molecule has 0 aliphatic carbocycles. The quantitative estimate of drug-likeness (QED) is 0.874. The second-order valence-corrected chi connectivity index (χ2v) is 5.77. The van der Waals surface area contributed by atoms with Gasteiger partial charge in [0.15, 0.2) is 0 Å². The van der Waals surface area contributed by atoms with Crippen LogP contribution >= 0.6 is 11.6 Å². The van der Waals surface area contributed by atoms with Crippen LogP contribution in [0.15, 0.2) is 48.5 Å². The van der Waals surface area contributed by atoms with Crippen molar-refractivity contribution in [1.29, 1.82) is 0 Å². The minimum atomic E-state index is -0.0252. The first-order valence-electron chi connectivity index (χ1n) is 7.39. The van der Waals surface area contributed by atoms with Gasteiger partial charge in [-0.05, 0) is 42.8 Å². The van der Waals surface area contributed by atoms with Gasteiger partial charge in [-0.1, -0.05) is 48.9 Å². The molecule has 1 amide bonds. The molecule has 2 rings (SSSR count). The molecule has 0 atom stereocenters. The van der Waals surface area contributed by atoms with E-state index in [1.54, 1.807) is 0 Å². The molecule has 0 spiro atoms. The van der Waals surface area contributed by atoms with Crippen molar-refractivity contribution < 1.29 is 4.79 Å². The van der Waals surface area contributed by atoms with Gasteiger partial charge in [0.2, 0.25) is 5.91 Å². The van der Waals surface area contributed by atoms with Gasteiger partial charge in [0.1, 0.15) is 0 Å². The van der Waals surface area contributed by atoms with E-state index in [2.05, 4.69) is 18.3 Å². The van der Waals surface area contributed by atoms with Crippen molar-refractivity contribution in [3.05, 3.63) is 64.7 Å². The molecule has 4 heteroatoms. The number of rotatable bonds is 6. The first kappa shape index (κ1) is 16.5. The molecule has 0 saturated heterocycles. The topological polar surface area (TPSA) is 32.3 Å². The third kappa shape index (κ3) is 4.86. The molecule has 0 aliphatic heterocycles. The van der Waals surface area contributed by atoms with E-state index >= 15 is 0 Å². The minimum Gasteiger partial charge on any atom is -0.325 e. The van der Waals surface area contributed by atoms with Gasteiger partial charge < -0.3 is 5.32 Å². The summed E-state index contributed by atoms with van der Waals surface area (Å²) < 4.78 is 0. The zero-order chi connectivity index (χ0) is 15.9. The molecule has 0 unspecified atom stereocenters. The van der Waals surface area contributed by atoms with Gasteiger partial charge in [-0.3, -0.25) is 9.69 Å². The third-order valence-corrected chi connectivity index (χ3v) is 3.80. The van der Waals surface area contributed by atoms with Crippen LogP contribution < -0.4 is 5.32 Å². The maximum Gasteiger partial charge on any atom is 0.238 e. The second-order valence-electron chi connectivity index (χ2n) is 5.37. The minimum absolute atomic E-state index is 0.0252. The smallest absolute Gasteiger partial charge is 0.238 e. The van der Waals surface area contributed by atoms with Gasteiger partial charge in [-0.25, -0.2) is 0 Å². The molecule has 0 bridgehead atoms. The number of hydrogen-bond acceptors (Lipinski definition) is 2. The fourth-order valence-corrected chi connectivity index (χ4v) is 2.48. The summed E-state index contributed by atoms with van der Waals surface area (Å²) in [6.07, 6.45) is 0.954. The number of nitrogens with zero attached hydrogens (tertiary/aromatic N) is 1. The number of carbonyl (C=O) groups is 1. The fraction of sp³-hybridized carbons (Fsp3) is 0.278. The van der Waals surface area contributed by atoms with Crippen LogP contribution in [-0.2, 0) is 17.8 Å². The number of benzene rings is 2. The largest absolute Gasteiger partial charge is 0.325 e. The van der Waals surface area contributed by atoms with Crippen LogP contribution in [0.25, 0.3) is 0 Å². The van der Waals surface area contributed by atoms with E-state index in [1.807, 2.05) is 54.4 Å². The Morgan fingerprint density at radius 1 is 1.18 bits per heavy atom. The van der Waals surface area contributed by atoms with Crippen LogP contribution in [0, 0.1) is 0 Å². The van der Waals surface area contributed by atoms with E-state index in [1.165, 1.54) is 5.56 Å². The highest BCUT2D eigenvalue weighted by Gasteiger charge is 2.09. The molecule has 0 aromatic heterocycles. The summed E-state index contributed by atoms with van der Waals surface area (Å²) in [7, 11) is 1.91.